The number of rotatable bonds is 6. The van der Waals surface area contributed by atoms with E-state index in [0.29, 0.717) is 24.4 Å². The third-order valence-electron chi connectivity index (χ3n) is 4.95. The summed E-state index contributed by atoms with van der Waals surface area (Å²) < 4.78 is 5.93. The number of amides is 1. The fourth-order valence-electron chi connectivity index (χ4n) is 3.57. The van der Waals surface area contributed by atoms with Crippen molar-refractivity contribution in [2.24, 2.45) is 0 Å². The van der Waals surface area contributed by atoms with E-state index in [1.807, 2.05) is 54.6 Å². The Morgan fingerprint density at radius 3 is 2.57 bits per heavy atom. The van der Waals surface area contributed by atoms with Gasteiger partial charge in [-0.05, 0) is 48.7 Å². The molecule has 0 aliphatic carbocycles. The van der Waals surface area contributed by atoms with Crippen LogP contribution in [-0.2, 0) is 11.2 Å². The molecule has 0 spiro atoms. The summed E-state index contributed by atoms with van der Waals surface area (Å²) >= 11 is 0. The Labute approximate surface area is 165 Å². The summed E-state index contributed by atoms with van der Waals surface area (Å²) in [7, 11) is 0. The van der Waals surface area contributed by atoms with Gasteiger partial charge in [0, 0.05) is 25.2 Å². The second kappa shape index (κ2) is 8.61. The zero-order valence-electron chi connectivity index (χ0n) is 15.8. The molecule has 0 bridgehead atoms. The number of benzene rings is 3. The van der Waals surface area contributed by atoms with E-state index in [0.717, 1.165) is 25.1 Å². The second-order valence-electron chi connectivity index (χ2n) is 6.93. The fraction of sp³-hybridized carbons (Fsp3) is 0.208. The summed E-state index contributed by atoms with van der Waals surface area (Å²) in [6.45, 7) is 1.71. The number of nitrogens with zero attached hydrogens (tertiary/aromatic N) is 1. The minimum atomic E-state index is -0.00725. The van der Waals surface area contributed by atoms with Gasteiger partial charge < -0.3 is 15.0 Å². The van der Waals surface area contributed by atoms with Crippen LogP contribution in [0.1, 0.15) is 18.4 Å². The highest BCUT2D eigenvalue weighted by molar-refractivity contribution is 5.92. The Hall–Kier alpha value is -3.27. The number of aryl methyl sites for hydroxylation is 1. The summed E-state index contributed by atoms with van der Waals surface area (Å²) in [5, 5.41) is 3.00. The molecule has 0 fully saturated rings. The highest BCUT2D eigenvalue weighted by atomic mass is 16.5. The van der Waals surface area contributed by atoms with Gasteiger partial charge in [0.15, 0.2) is 5.75 Å². The lowest BCUT2D eigenvalue weighted by Crippen LogP contribution is -2.32. The topological polar surface area (TPSA) is 41.6 Å². The number of fused-ring (bicyclic) bond motifs is 1. The van der Waals surface area contributed by atoms with Gasteiger partial charge in [-0.15, -0.1) is 0 Å². The first-order valence-electron chi connectivity index (χ1n) is 9.74. The van der Waals surface area contributed by atoms with E-state index in [1.54, 1.807) is 0 Å². The lowest BCUT2D eigenvalue weighted by Gasteiger charge is -2.31. The molecule has 4 heteroatoms. The van der Waals surface area contributed by atoms with E-state index in [9.17, 15) is 4.79 Å². The van der Waals surface area contributed by atoms with Crippen LogP contribution in [0.3, 0.4) is 0 Å². The third-order valence-corrected chi connectivity index (χ3v) is 4.95. The minimum Gasteiger partial charge on any atom is -0.455 e. The predicted molar refractivity (Wildman–Crippen MR) is 113 cm³/mol. The number of para-hydroxylation sites is 4. The van der Waals surface area contributed by atoms with Gasteiger partial charge in [0.1, 0.15) is 5.75 Å². The molecule has 0 saturated heterocycles. The van der Waals surface area contributed by atoms with Crippen LogP contribution in [0.2, 0.25) is 0 Å². The molecule has 3 aromatic rings. The third kappa shape index (κ3) is 4.34. The molecule has 0 saturated carbocycles. The van der Waals surface area contributed by atoms with E-state index < -0.39 is 0 Å². The van der Waals surface area contributed by atoms with Gasteiger partial charge >= 0.3 is 0 Å². The van der Waals surface area contributed by atoms with Crippen molar-refractivity contribution < 1.29 is 9.53 Å². The van der Waals surface area contributed by atoms with Gasteiger partial charge in [0.25, 0.3) is 0 Å². The van der Waals surface area contributed by atoms with Gasteiger partial charge in [-0.1, -0.05) is 48.5 Å². The first-order chi connectivity index (χ1) is 13.8. The molecule has 1 N–H and O–H groups in total. The van der Waals surface area contributed by atoms with Crippen molar-refractivity contribution in [1.29, 1.82) is 0 Å². The number of carbonyl (C=O) groups is 1. The van der Waals surface area contributed by atoms with Crippen molar-refractivity contribution in [1.82, 2.24) is 0 Å². The maximum absolute atomic E-state index is 12.6. The first-order valence-corrected chi connectivity index (χ1v) is 9.74. The van der Waals surface area contributed by atoms with Crippen molar-refractivity contribution in [2.45, 2.75) is 19.3 Å². The van der Waals surface area contributed by atoms with Crippen LogP contribution in [0.5, 0.6) is 11.5 Å². The highest BCUT2D eigenvalue weighted by Gasteiger charge is 2.17. The zero-order chi connectivity index (χ0) is 19.2. The normalized spacial score (nSPS) is 12.9. The molecule has 4 rings (SSSR count). The van der Waals surface area contributed by atoms with Crippen molar-refractivity contribution >= 4 is 17.3 Å². The molecule has 1 amide bonds. The summed E-state index contributed by atoms with van der Waals surface area (Å²) in [6, 6.07) is 25.6. The molecule has 0 radical (unpaired) electrons. The highest BCUT2D eigenvalue weighted by Crippen LogP contribution is 2.30. The van der Waals surface area contributed by atoms with Gasteiger partial charge in [-0.2, -0.15) is 0 Å². The SMILES string of the molecule is O=C(CCN1CCCc2ccccc21)Nc1ccccc1Oc1ccccc1. The first kappa shape index (κ1) is 18.1. The van der Waals surface area contributed by atoms with Crippen LogP contribution in [-0.4, -0.2) is 19.0 Å². The van der Waals surface area contributed by atoms with Gasteiger partial charge in [-0.25, -0.2) is 0 Å². The van der Waals surface area contributed by atoms with Crippen molar-refractivity contribution in [3.8, 4) is 11.5 Å². The van der Waals surface area contributed by atoms with Crippen LogP contribution in [0.25, 0.3) is 0 Å². The van der Waals surface area contributed by atoms with Gasteiger partial charge in [0.2, 0.25) is 5.91 Å². The lowest BCUT2D eigenvalue weighted by atomic mass is 10.0. The minimum absolute atomic E-state index is 0.00725. The molecule has 0 atom stereocenters. The van der Waals surface area contributed by atoms with Gasteiger partial charge in [0.05, 0.1) is 5.69 Å². The van der Waals surface area contributed by atoms with E-state index >= 15 is 0 Å². The van der Waals surface area contributed by atoms with Crippen molar-refractivity contribution in [3.63, 3.8) is 0 Å². The van der Waals surface area contributed by atoms with Crippen molar-refractivity contribution in [2.75, 3.05) is 23.3 Å². The summed E-state index contributed by atoms with van der Waals surface area (Å²) in [4.78, 5) is 14.9. The molecule has 1 heterocycles. The molecule has 142 valence electrons. The number of carbonyl (C=O) groups excluding carboxylic acids is 1. The molecular formula is C24H24N2O2. The molecule has 3 aromatic carbocycles. The Morgan fingerprint density at radius 1 is 0.929 bits per heavy atom. The van der Waals surface area contributed by atoms with Crippen LogP contribution < -0.4 is 15.0 Å². The maximum atomic E-state index is 12.6. The van der Waals surface area contributed by atoms with E-state index in [2.05, 4.69) is 34.5 Å². The average molecular weight is 372 g/mol. The average Bonchev–Trinajstić information content (AvgIpc) is 2.74. The van der Waals surface area contributed by atoms with E-state index in [-0.39, 0.29) is 5.91 Å². The molecule has 28 heavy (non-hydrogen) atoms. The molecule has 4 nitrogen and oxygen atoms in total. The maximum Gasteiger partial charge on any atom is 0.226 e. The molecule has 0 aromatic heterocycles. The van der Waals surface area contributed by atoms with Crippen LogP contribution in [0, 0.1) is 0 Å². The smallest absolute Gasteiger partial charge is 0.226 e. The van der Waals surface area contributed by atoms with E-state index in [1.165, 1.54) is 11.3 Å². The number of hydrogen-bond donors (Lipinski definition) is 1. The van der Waals surface area contributed by atoms with Crippen LogP contribution in [0.15, 0.2) is 78.9 Å². The molecule has 0 unspecified atom stereocenters. The second-order valence-corrected chi connectivity index (χ2v) is 6.93. The summed E-state index contributed by atoms with van der Waals surface area (Å²) in [5.41, 5.74) is 3.32. The summed E-state index contributed by atoms with van der Waals surface area (Å²) in [5.74, 6) is 1.38. The standard InChI is InChI=1S/C24H24N2O2/c27-24(16-18-26-17-8-10-19-9-4-6-14-22(19)26)25-21-13-5-7-15-23(21)28-20-11-2-1-3-12-20/h1-7,9,11-15H,8,10,16-18H2,(H,25,27). The molecule has 1 aliphatic rings. The zero-order valence-corrected chi connectivity index (χ0v) is 15.8. The number of nitrogens with one attached hydrogen (secondary N) is 1. The predicted octanol–water partition coefficient (Wildman–Crippen LogP) is 5.26. The lowest BCUT2D eigenvalue weighted by molar-refractivity contribution is -0.116. The number of ether oxygens (including phenoxy) is 1. The largest absolute Gasteiger partial charge is 0.455 e. The number of hydrogen-bond acceptors (Lipinski definition) is 3. The Kier molecular flexibility index (Phi) is 5.57. The quantitative estimate of drug-likeness (QED) is 0.642. The fourth-order valence-corrected chi connectivity index (χ4v) is 3.57. The van der Waals surface area contributed by atoms with Crippen molar-refractivity contribution in [3.05, 3.63) is 84.4 Å². The van der Waals surface area contributed by atoms with Crippen LogP contribution >= 0.6 is 0 Å². The van der Waals surface area contributed by atoms with E-state index in [4.69, 9.17) is 4.74 Å². The number of anilines is 2. The Bertz CT molecular complexity index is 940. The van der Waals surface area contributed by atoms with Gasteiger partial charge in [-0.3, -0.25) is 4.79 Å². The molecule has 1 aliphatic heterocycles. The monoisotopic (exact) mass is 372 g/mol. The summed E-state index contributed by atoms with van der Waals surface area (Å²) in [6.07, 6.45) is 2.68. The Balaban J connectivity index is 1.39. The Morgan fingerprint density at radius 2 is 1.68 bits per heavy atom. The van der Waals surface area contributed by atoms with Crippen LogP contribution in [0.4, 0.5) is 11.4 Å². The molecular weight excluding hydrogens is 348 g/mol.